The van der Waals surface area contributed by atoms with Gasteiger partial charge in [0.15, 0.2) is 0 Å². The summed E-state index contributed by atoms with van der Waals surface area (Å²) < 4.78 is 30.8. The molecule has 94 valence electrons. The molecule has 0 heterocycles. The highest BCUT2D eigenvalue weighted by Gasteiger charge is 2.28. The summed E-state index contributed by atoms with van der Waals surface area (Å²) in [5.41, 5.74) is -0.782. The second-order valence-electron chi connectivity index (χ2n) is 4.21. The maximum Gasteiger partial charge on any atom is 0.325 e. The molecule has 0 aromatic heterocycles. The van der Waals surface area contributed by atoms with Crippen LogP contribution in [0.2, 0.25) is 0 Å². The van der Waals surface area contributed by atoms with Crippen molar-refractivity contribution < 1.29 is 18.3 Å². The molecule has 0 aliphatic heterocycles. The van der Waals surface area contributed by atoms with E-state index < -0.39 is 23.1 Å². The van der Waals surface area contributed by atoms with Gasteiger partial charge in [0.25, 0.3) is 0 Å². The number of carbonyl (C=O) groups excluding carboxylic acids is 1. The van der Waals surface area contributed by atoms with Crippen molar-refractivity contribution in [2.24, 2.45) is 0 Å². The third-order valence-corrected chi connectivity index (χ3v) is 2.42. The molecule has 0 amide bonds. The summed E-state index contributed by atoms with van der Waals surface area (Å²) in [6, 6.07) is 3.19. The summed E-state index contributed by atoms with van der Waals surface area (Å²) >= 11 is 0. The number of rotatable bonds is 4. The third kappa shape index (κ3) is 3.49. The summed E-state index contributed by atoms with van der Waals surface area (Å²) in [5.74, 6) is -1.49. The minimum absolute atomic E-state index is 0.0473. The Morgan fingerprint density at radius 1 is 1.41 bits per heavy atom. The lowest BCUT2D eigenvalue weighted by Crippen LogP contribution is -2.47. The Labute approximate surface area is 98.8 Å². The molecule has 0 bridgehead atoms. The van der Waals surface area contributed by atoms with Crippen LogP contribution in [-0.4, -0.2) is 18.6 Å². The first-order chi connectivity index (χ1) is 7.86. The fourth-order valence-electron chi connectivity index (χ4n) is 1.32. The summed E-state index contributed by atoms with van der Waals surface area (Å²) in [6.07, 6.45) is 0. The van der Waals surface area contributed by atoms with E-state index in [1.807, 2.05) is 0 Å². The van der Waals surface area contributed by atoms with Crippen LogP contribution in [0.4, 0.5) is 8.78 Å². The summed E-state index contributed by atoms with van der Waals surface area (Å²) in [6.45, 7) is 3.26. The highest BCUT2D eigenvalue weighted by molar-refractivity contribution is 5.79. The van der Waals surface area contributed by atoms with E-state index in [-0.39, 0.29) is 12.1 Å². The first-order valence-corrected chi connectivity index (χ1v) is 5.14. The number of benzene rings is 1. The Hall–Kier alpha value is -1.49. The van der Waals surface area contributed by atoms with Gasteiger partial charge in [0.2, 0.25) is 0 Å². The van der Waals surface area contributed by atoms with E-state index in [9.17, 15) is 13.6 Å². The Bertz CT molecular complexity index is 419. The van der Waals surface area contributed by atoms with Crippen LogP contribution in [0.15, 0.2) is 18.2 Å². The largest absolute Gasteiger partial charge is 0.468 e. The minimum Gasteiger partial charge on any atom is -0.468 e. The molecule has 0 spiro atoms. The lowest BCUT2D eigenvalue weighted by Gasteiger charge is -2.23. The van der Waals surface area contributed by atoms with E-state index in [1.54, 1.807) is 13.8 Å². The number of ether oxygens (including phenoxy) is 1. The van der Waals surface area contributed by atoms with Gasteiger partial charge < -0.3 is 4.74 Å². The minimum atomic E-state index is -0.951. The van der Waals surface area contributed by atoms with E-state index in [1.165, 1.54) is 7.11 Å². The average molecular weight is 243 g/mol. The smallest absolute Gasteiger partial charge is 0.325 e. The van der Waals surface area contributed by atoms with Crippen molar-refractivity contribution in [2.45, 2.75) is 25.9 Å². The van der Waals surface area contributed by atoms with Crippen LogP contribution in [-0.2, 0) is 16.1 Å². The fourth-order valence-corrected chi connectivity index (χ4v) is 1.32. The van der Waals surface area contributed by atoms with Gasteiger partial charge in [0.05, 0.1) is 7.11 Å². The van der Waals surface area contributed by atoms with Gasteiger partial charge in [-0.3, -0.25) is 10.1 Å². The van der Waals surface area contributed by atoms with E-state index in [0.717, 1.165) is 18.2 Å². The summed E-state index contributed by atoms with van der Waals surface area (Å²) in [4.78, 5) is 11.4. The van der Waals surface area contributed by atoms with Gasteiger partial charge in [-0.2, -0.15) is 0 Å². The van der Waals surface area contributed by atoms with Crippen molar-refractivity contribution in [1.29, 1.82) is 0 Å². The SMILES string of the molecule is COC(=O)C(C)(C)NCc1cc(F)ccc1F. The molecule has 0 aliphatic carbocycles. The van der Waals surface area contributed by atoms with Gasteiger partial charge in [0, 0.05) is 12.1 Å². The van der Waals surface area contributed by atoms with Crippen LogP contribution in [0.3, 0.4) is 0 Å². The lowest BCUT2D eigenvalue weighted by atomic mass is 10.1. The van der Waals surface area contributed by atoms with Crippen molar-refractivity contribution in [1.82, 2.24) is 5.32 Å². The molecule has 0 aliphatic rings. The zero-order chi connectivity index (χ0) is 13.1. The van der Waals surface area contributed by atoms with Crippen LogP contribution in [0.5, 0.6) is 0 Å². The van der Waals surface area contributed by atoms with Gasteiger partial charge in [0.1, 0.15) is 17.2 Å². The standard InChI is InChI=1S/C12H15F2NO2/c1-12(2,11(16)17-3)15-7-8-6-9(13)4-5-10(8)14/h4-6,15H,7H2,1-3H3. The maximum atomic E-state index is 13.3. The molecule has 0 saturated heterocycles. The Balaban J connectivity index is 2.73. The van der Waals surface area contributed by atoms with Crippen molar-refractivity contribution in [3.63, 3.8) is 0 Å². The second kappa shape index (κ2) is 5.23. The summed E-state index contributed by atoms with van der Waals surface area (Å²) in [5, 5.41) is 2.81. The molecule has 0 saturated carbocycles. The van der Waals surface area contributed by atoms with E-state index >= 15 is 0 Å². The van der Waals surface area contributed by atoms with Gasteiger partial charge in [-0.05, 0) is 32.0 Å². The average Bonchev–Trinajstić information content (AvgIpc) is 2.29. The van der Waals surface area contributed by atoms with Crippen LogP contribution in [0.1, 0.15) is 19.4 Å². The van der Waals surface area contributed by atoms with Gasteiger partial charge >= 0.3 is 5.97 Å². The predicted octanol–water partition coefficient (Wildman–Crippen LogP) is 2.01. The van der Waals surface area contributed by atoms with Gasteiger partial charge in [-0.25, -0.2) is 8.78 Å². The molecular formula is C12H15F2NO2. The zero-order valence-corrected chi connectivity index (χ0v) is 10.0. The van der Waals surface area contributed by atoms with Crippen molar-refractivity contribution >= 4 is 5.97 Å². The molecular weight excluding hydrogens is 228 g/mol. The van der Waals surface area contributed by atoms with Crippen molar-refractivity contribution in [3.8, 4) is 0 Å². The normalized spacial score (nSPS) is 11.4. The number of carbonyl (C=O) groups is 1. The third-order valence-electron chi connectivity index (χ3n) is 2.42. The Morgan fingerprint density at radius 3 is 2.65 bits per heavy atom. The summed E-state index contributed by atoms with van der Waals surface area (Å²) in [7, 11) is 1.27. The van der Waals surface area contributed by atoms with Crippen LogP contribution in [0, 0.1) is 11.6 Å². The molecule has 0 fully saturated rings. The topological polar surface area (TPSA) is 38.3 Å². The quantitative estimate of drug-likeness (QED) is 0.822. The van der Waals surface area contributed by atoms with E-state index in [4.69, 9.17) is 0 Å². The molecule has 0 atom stereocenters. The number of esters is 1. The zero-order valence-electron chi connectivity index (χ0n) is 10.0. The van der Waals surface area contributed by atoms with Crippen LogP contribution < -0.4 is 5.32 Å². The molecule has 0 unspecified atom stereocenters. The first-order valence-electron chi connectivity index (χ1n) is 5.14. The van der Waals surface area contributed by atoms with E-state index in [0.29, 0.717) is 0 Å². The molecule has 3 nitrogen and oxygen atoms in total. The molecule has 17 heavy (non-hydrogen) atoms. The van der Waals surface area contributed by atoms with Crippen molar-refractivity contribution in [2.75, 3.05) is 7.11 Å². The highest BCUT2D eigenvalue weighted by Crippen LogP contribution is 2.12. The first kappa shape index (κ1) is 13.6. The maximum absolute atomic E-state index is 13.3. The number of hydrogen-bond donors (Lipinski definition) is 1. The molecule has 1 N–H and O–H groups in total. The van der Waals surface area contributed by atoms with Gasteiger partial charge in [-0.15, -0.1) is 0 Å². The fraction of sp³-hybridized carbons (Fsp3) is 0.417. The predicted molar refractivity (Wildman–Crippen MR) is 59.3 cm³/mol. The lowest BCUT2D eigenvalue weighted by molar-refractivity contribution is -0.147. The number of nitrogens with one attached hydrogen (secondary N) is 1. The van der Waals surface area contributed by atoms with Crippen LogP contribution >= 0.6 is 0 Å². The second-order valence-corrected chi connectivity index (χ2v) is 4.21. The van der Waals surface area contributed by atoms with E-state index in [2.05, 4.69) is 10.1 Å². The molecule has 5 heteroatoms. The molecule has 1 aromatic carbocycles. The highest BCUT2D eigenvalue weighted by atomic mass is 19.1. The van der Waals surface area contributed by atoms with Crippen LogP contribution in [0.25, 0.3) is 0 Å². The number of methoxy groups -OCH3 is 1. The Morgan fingerprint density at radius 2 is 2.06 bits per heavy atom. The number of halogens is 2. The Kier molecular flexibility index (Phi) is 4.17. The number of hydrogen-bond acceptors (Lipinski definition) is 3. The van der Waals surface area contributed by atoms with Gasteiger partial charge in [-0.1, -0.05) is 0 Å². The monoisotopic (exact) mass is 243 g/mol. The molecule has 1 rings (SSSR count). The molecule has 1 aromatic rings. The molecule has 0 radical (unpaired) electrons. The van der Waals surface area contributed by atoms with Crippen molar-refractivity contribution in [3.05, 3.63) is 35.4 Å².